The first kappa shape index (κ1) is 21.2. The lowest BCUT2D eigenvalue weighted by Gasteiger charge is -2.21. The van der Waals surface area contributed by atoms with E-state index in [1.165, 1.54) is 0 Å². The second-order valence-electron chi connectivity index (χ2n) is 6.25. The molecule has 0 atom stereocenters. The zero-order chi connectivity index (χ0) is 20.2. The third-order valence-electron chi connectivity index (χ3n) is 4.40. The minimum atomic E-state index is -0.250. The van der Waals surface area contributed by atoms with Crippen LogP contribution in [0.1, 0.15) is 30.1 Å². The number of aromatic nitrogens is 2. The van der Waals surface area contributed by atoms with Gasteiger partial charge in [0.15, 0.2) is 0 Å². The molecule has 2 aromatic rings. The van der Waals surface area contributed by atoms with Gasteiger partial charge in [0.05, 0.1) is 12.9 Å². The van der Waals surface area contributed by atoms with Crippen LogP contribution in [-0.2, 0) is 4.79 Å². The molecular formula is C21H26N4O3. The standard InChI is InChI=1S/C20H24N4O.CH2O2/c1-2-3-4-11-22-12-5-13-23(16-15-22)20(25)18-6-8-19(9-7-18)24-14-10-21-17-24;2-1-3/h6-10,14,17H,2,5,11-13,15-16H2,1H3;1H,(H,2,3). The number of imidazole rings is 1. The summed E-state index contributed by atoms with van der Waals surface area (Å²) in [6, 6.07) is 7.71. The fourth-order valence-electron chi connectivity index (χ4n) is 3.00. The molecular weight excluding hydrogens is 356 g/mol. The van der Waals surface area contributed by atoms with Crippen LogP contribution in [0.3, 0.4) is 0 Å². The first-order valence-electron chi connectivity index (χ1n) is 9.33. The minimum absolute atomic E-state index is 0.110. The Kier molecular flexibility index (Phi) is 8.76. The van der Waals surface area contributed by atoms with Gasteiger partial charge in [0.2, 0.25) is 0 Å². The van der Waals surface area contributed by atoms with Crippen molar-refractivity contribution in [1.82, 2.24) is 19.4 Å². The molecule has 1 N–H and O–H groups in total. The Hall–Kier alpha value is -3.11. The van der Waals surface area contributed by atoms with Crippen molar-refractivity contribution in [2.75, 3.05) is 32.7 Å². The van der Waals surface area contributed by atoms with Gasteiger partial charge in [0.1, 0.15) is 0 Å². The van der Waals surface area contributed by atoms with Crippen LogP contribution < -0.4 is 0 Å². The number of hydrogen-bond acceptors (Lipinski definition) is 4. The monoisotopic (exact) mass is 382 g/mol. The van der Waals surface area contributed by atoms with Crippen LogP contribution >= 0.6 is 0 Å². The quantitative estimate of drug-likeness (QED) is 0.650. The first-order valence-corrected chi connectivity index (χ1v) is 9.33. The molecule has 1 aromatic heterocycles. The summed E-state index contributed by atoms with van der Waals surface area (Å²) in [7, 11) is 0. The van der Waals surface area contributed by atoms with E-state index in [0.717, 1.165) is 56.8 Å². The number of carbonyl (C=O) groups excluding carboxylic acids is 1. The van der Waals surface area contributed by atoms with Gasteiger partial charge in [0, 0.05) is 56.2 Å². The van der Waals surface area contributed by atoms with Crippen LogP contribution in [0.25, 0.3) is 5.69 Å². The summed E-state index contributed by atoms with van der Waals surface area (Å²) >= 11 is 0. The molecule has 1 aromatic carbocycles. The van der Waals surface area contributed by atoms with Gasteiger partial charge in [-0.3, -0.25) is 14.5 Å². The van der Waals surface area contributed by atoms with Crippen LogP contribution in [0.4, 0.5) is 0 Å². The Morgan fingerprint density at radius 1 is 1.18 bits per heavy atom. The molecule has 1 aliphatic heterocycles. The van der Waals surface area contributed by atoms with Crippen molar-refractivity contribution >= 4 is 12.4 Å². The summed E-state index contributed by atoms with van der Waals surface area (Å²) in [5, 5.41) is 6.89. The van der Waals surface area contributed by atoms with E-state index in [-0.39, 0.29) is 12.4 Å². The Morgan fingerprint density at radius 2 is 1.93 bits per heavy atom. The van der Waals surface area contributed by atoms with E-state index in [0.29, 0.717) is 0 Å². The Labute approximate surface area is 165 Å². The summed E-state index contributed by atoms with van der Waals surface area (Å²) in [6.45, 7) is 6.07. The molecule has 7 nitrogen and oxygen atoms in total. The highest BCUT2D eigenvalue weighted by Crippen LogP contribution is 2.13. The zero-order valence-electron chi connectivity index (χ0n) is 16.1. The van der Waals surface area contributed by atoms with Gasteiger partial charge in [-0.05, 0) is 30.7 Å². The number of carboxylic acid groups (broad SMARTS) is 1. The van der Waals surface area contributed by atoms with E-state index in [4.69, 9.17) is 9.90 Å². The predicted octanol–water partition coefficient (Wildman–Crippen LogP) is 2.13. The Balaban J connectivity index is 0.000000878. The number of amides is 1. The van der Waals surface area contributed by atoms with Gasteiger partial charge < -0.3 is 14.6 Å². The minimum Gasteiger partial charge on any atom is -0.483 e. The molecule has 0 saturated carbocycles. The van der Waals surface area contributed by atoms with Crippen molar-refractivity contribution in [3.63, 3.8) is 0 Å². The lowest BCUT2D eigenvalue weighted by atomic mass is 10.1. The van der Waals surface area contributed by atoms with Crippen molar-refractivity contribution in [1.29, 1.82) is 0 Å². The normalized spacial score (nSPS) is 14.1. The van der Waals surface area contributed by atoms with Crippen molar-refractivity contribution in [3.8, 4) is 17.5 Å². The summed E-state index contributed by atoms with van der Waals surface area (Å²) in [4.78, 5) is 29.5. The number of carbonyl (C=O) groups is 2. The molecule has 28 heavy (non-hydrogen) atoms. The van der Waals surface area contributed by atoms with E-state index in [2.05, 4.69) is 28.6 Å². The summed E-state index contributed by atoms with van der Waals surface area (Å²) < 4.78 is 1.93. The van der Waals surface area contributed by atoms with Crippen LogP contribution in [0.5, 0.6) is 0 Å². The fraction of sp³-hybridized carbons (Fsp3) is 0.381. The van der Waals surface area contributed by atoms with Crippen molar-refractivity contribution in [2.45, 2.75) is 19.8 Å². The molecule has 0 unspecified atom stereocenters. The lowest BCUT2D eigenvalue weighted by molar-refractivity contribution is -0.122. The van der Waals surface area contributed by atoms with Crippen LogP contribution in [0, 0.1) is 11.8 Å². The van der Waals surface area contributed by atoms with Crippen molar-refractivity contribution < 1.29 is 14.7 Å². The van der Waals surface area contributed by atoms with Gasteiger partial charge in [-0.1, -0.05) is 12.8 Å². The van der Waals surface area contributed by atoms with E-state index in [1.54, 1.807) is 12.5 Å². The predicted molar refractivity (Wildman–Crippen MR) is 107 cm³/mol. The maximum atomic E-state index is 12.8. The molecule has 148 valence electrons. The SMILES string of the molecule is CCC#CCN1CCCN(C(=O)c2ccc(-n3ccnc3)cc2)CC1.O=CO. The van der Waals surface area contributed by atoms with Crippen LogP contribution in [0.15, 0.2) is 43.0 Å². The highest BCUT2D eigenvalue weighted by atomic mass is 16.3. The van der Waals surface area contributed by atoms with E-state index in [1.807, 2.05) is 39.9 Å². The molecule has 0 spiro atoms. The molecule has 1 saturated heterocycles. The van der Waals surface area contributed by atoms with Gasteiger partial charge in [-0.2, -0.15) is 0 Å². The van der Waals surface area contributed by atoms with E-state index < -0.39 is 0 Å². The molecule has 0 radical (unpaired) electrons. The lowest BCUT2D eigenvalue weighted by Crippen LogP contribution is -2.35. The third kappa shape index (κ3) is 6.25. The van der Waals surface area contributed by atoms with E-state index in [9.17, 15) is 4.79 Å². The van der Waals surface area contributed by atoms with Gasteiger partial charge in [0.25, 0.3) is 12.4 Å². The molecule has 2 heterocycles. The smallest absolute Gasteiger partial charge is 0.290 e. The van der Waals surface area contributed by atoms with Gasteiger partial charge in [-0.25, -0.2) is 4.98 Å². The average Bonchev–Trinajstić information content (AvgIpc) is 3.15. The Bertz CT molecular complexity index is 791. The van der Waals surface area contributed by atoms with Crippen LogP contribution in [-0.4, -0.2) is 69.6 Å². The molecule has 1 fully saturated rings. The van der Waals surface area contributed by atoms with Crippen LogP contribution in [0.2, 0.25) is 0 Å². The highest BCUT2D eigenvalue weighted by Gasteiger charge is 2.19. The second kappa shape index (κ2) is 11.6. The van der Waals surface area contributed by atoms with Gasteiger partial charge >= 0.3 is 0 Å². The molecule has 1 aliphatic rings. The number of nitrogens with zero attached hydrogens (tertiary/aromatic N) is 4. The summed E-state index contributed by atoms with van der Waals surface area (Å²) in [5.74, 6) is 6.42. The van der Waals surface area contributed by atoms with E-state index >= 15 is 0 Å². The zero-order valence-corrected chi connectivity index (χ0v) is 16.1. The fourth-order valence-corrected chi connectivity index (χ4v) is 3.00. The summed E-state index contributed by atoms with van der Waals surface area (Å²) in [5.41, 5.74) is 1.74. The number of benzene rings is 1. The first-order chi connectivity index (χ1) is 13.7. The Morgan fingerprint density at radius 3 is 2.57 bits per heavy atom. The maximum absolute atomic E-state index is 12.8. The second-order valence-corrected chi connectivity index (χ2v) is 6.25. The molecule has 0 bridgehead atoms. The number of rotatable bonds is 3. The average molecular weight is 382 g/mol. The van der Waals surface area contributed by atoms with Crippen molar-refractivity contribution in [2.24, 2.45) is 0 Å². The largest absolute Gasteiger partial charge is 0.483 e. The summed E-state index contributed by atoms with van der Waals surface area (Å²) in [6.07, 6.45) is 7.27. The third-order valence-corrected chi connectivity index (χ3v) is 4.40. The van der Waals surface area contributed by atoms with Gasteiger partial charge in [-0.15, -0.1) is 5.92 Å². The molecule has 0 aliphatic carbocycles. The van der Waals surface area contributed by atoms with Crippen molar-refractivity contribution in [3.05, 3.63) is 48.5 Å². The molecule has 1 amide bonds. The molecule has 3 rings (SSSR count). The maximum Gasteiger partial charge on any atom is 0.290 e. The topological polar surface area (TPSA) is 78.7 Å². The molecule has 7 heteroatoms. The number of hydrogen-bond donors (Lipinski definition) is 1. The highest BCUT2D eigenvalue weighted by molar-refractivity contribution is 5.94.